The van der Waals surface area contributed by atoms with Crippen LogP contribution in [-0.2, 0) is 17.8 Å². The van der Waals surface area contributed by atoms with Gasteiger partial charge >= 0.3 is 0 Å². The SMILES string of the molecule is CCC=CCC(=O)N1CCc2cc(N)ccc2C1. The zero-order valence-corrected chi connectivity index (χ0v) is 10.9. The van der Waals surface area contributed by atoms with Crippen molar-refractivity contribution in [2.45, 2.75) is 32.7 Å². The predicted octanol–water partition coefficient (Wildman–Crippen LogP) is 2.51. The summed E-state index contributed by atoms with van der Waals surface area (Å²) in [5, 5.41) is 0. The lowest BCUT2D eigenvalue weighted by Crippen LogP contribution is -2.35. The van der Waals surface area contributed by atoms with Crippen molar-refractivity contribution in [3.8, 4) is 0 Å². The minimum atomic E-state index is 0.210. The molecule has 2 rings (SSSR count). The molecule has 1 heterocycles. The number of rotatable bonds is 3. The summed E-state index contributed by atoms with van der Waals surface area (Å²) in [7, 11) is 0. The zero-order valence-electron chi connectivity index (χ0n) is 10.9. The molecule has 1 amide bonds. The average Bonchev–Trinajstić information content (AvgIpc) is 2.38. The van der Waals surface area contributed by atoms with Crippen LogP contribution >= 0.6 is 0 Å². The van der Waals surface area contributed by atoms with Crippen molar-refractivity contribution in [1.82, 2.24) is 4.90 Å². The van der Waals surface area contributed by atoms with E-state index < -0.39 is 0 Å². The number of fused-ring (bicyclic) bond motifs is 1. The fraction of sp³-hybridized carbons (Fsp3) is 0.400. The molecular weight excluding hydrogens is 224 g/mol. The second kappa shape index (κ2) is 5.71. The molecule has 1 aliphatic rings. The van der Waals surface area contributed by atoms with E-state index in [0.29, 0.717) is 13.0 Å². The molecule has 1 aromatic carbocycles. The Morgan fingerprint density at radius 3 is 3.00 bits per heavy atom. The number of nitrogen functional groups attached to an aromatic ring is 1. The molecule has 0 spiro atoms. The second-order valence-electron chi connectivity index (χ2n) is 4.68. The Morgan fingerprint density at radius 1 is 1.39 bits per heavy atom. The fourth-order valence-electron chi connectivity index (χ4n) is 2.27. The van der Waals surface area contributed by atoms with Crippen LogP contribution in [0.1, 0.15) is 30.9 Å². The summed E-state index contributed by atoms with van der Waals surface area (Å²) in [6, 6.07) is 5.96. The van der Waals surface area contributed by atoms with Crippen LogP contribution in [0.4, 0.5) is 5.69 Å². The van der Waals surface area contributed by atoms with E-state index in [1.807, 2.05) is 35.3 Å². The number of anilines is 1. The molecule has 18 heavy (non-hydrogen) atoms. The van der Waals surface area contributed by atoms with E-state index in [1.165, 1.54) is 11.1 Å². The van der Waals surface area contributed by atoms with Gasteiger partial charge in [0.15, 0.2) is 0 Å². The lowest BCUT2D eigenvalue weighted by molar-refractivity contribution is -0.131. The molecule has 3 nitrogen and oxygen atoms in total. The minimum Gasteiger partial charge on any atom is -0.399 e. The Bertz CT molecular complexity index is 466. The number of carbonyl (C=O) groups is 1. The van der Waals surface area contributed by atoms with Crippen molar-refractivity contribution in [2.75, 3.05) is 12.3 Å². The number of hydrogen-bond donors (Lipinski definition) is 1. The number of allylic oxidation sites excluding steroid dienone is 1. The summed E-state index contributed by atoms with van der Waals surface area (Å²) in [6.45, 7) is 3.59. The first-order chi connectivity index (χ1) is 8.70. The summed E-state index contributed by atoms with van der Waals surface area (Å²) < 4.78 is 0. The van der Waals surface area contributed by atoms with Gasteiger partial charge in [-0.2, -0.15) is 0 Å². The Balaban J connectivity index is 2.01. The van der Waals surface area contributed by atoms with Gasteiger partial charge in [0.05, 0.1) is 0 Å². The van der Waals surface area contributed by atoms with Gasteiger partial charge in [0, 0.05) is 25.2 Å². The van der Waals surface area contributed by atoms with Crippen LogP contribution in [0.2, 0.25) is 0 Å². The number of nitrogens with zero attached hydrogens (tertiary/aromatic N) is 1. The third-order valence-corrected chi connectivity index (χ3v) is 3.29. The first-order valence-electron chi connectivity index (χ1n) is 6.50. The van der Waals surface area contributed by atoms with Gasteiger partial charge in [-0.15, -0.1) is 0 Å². The lowest BCUT2D eigenvalue weighted by atomic mass is 9.99. The van der Waals surface area contributed by atoms with Gasteiger partial charge < -0.3 is 10.6 Å². The normalized spacial score (nSPS) is 14.8. The standard InChI is InChI=1S/C15H20N2O/c1-2-3-4-5-15(18)17-9-8-12-10-14(16)7-6-13(12)11-17/h3-4,6-7,10H,2,5,8-9,11,16H2,1H3. The molecule has 96 valence electrons. The van der Waals surface area contributed by atoms with Crippen molar-refractivity contribution in [3.05, 3.63) is 41.5 Å². The number of carbonyl (C=O) groups excluding carboxylic acids is 1. The summed E-state index contributed by atoms with van der Waals surface area (Å²) >= 11 is 0. The summed E-state index contributed by atoms with van der Waals surface area (Å²) in [4.78, 5) is 13.9. The van der Waals surface area contributed by atoms with Crippen molar-refractivity contribution in [3.63, 3.8) is 0 Å². The highest BCUT2D eigenvalue weighted by molar-refractivity contribution is 5.78. The van der Waals surface area contributed by atoms with E-state index in [0.717, 1.165) is 25.1 Å². The highest BCUT2D eigenvalue weighted by Gasteiger charge is 2.19. The summed E-state index contributed by atoms with van der Waals surface area (Å²) in [5.41, 5.74) is 9.08. The van der Waals surface area contributed by atoms with E-state index in [4.69, 9.17) is 5.73 Å². The Kier molecular flexibility index (Phi) is 4.03. The van der Waals surface area contributed by atoms with E-state index in [2.05, 4.69) is 6.92 Å². The van der Waals surface area contributed by atoms with Crippen LogP contribution in [0.3, 0.4) is 0 Å². The average molecular weight is 244 g/mol. The molecular formula is C15H20N2O. The van der Waals surface area contributed by atoms with E-state index >= 15 is 0 Å². The highest BCUT2D eigenvalue weighted by atomic mass is 16.2. The van der Waals surface area contributed by atoms with Gasteiger partial charge in [-0.1, -0.05) is 25.1 Å². The number of nitrogens with two attached hydrogens (primary N) is 1. The van der Waals surface area contributed by atoms with Crippen LogP contribution in [0.15, 0.2) is 30.4 Å². The van der Waals surface area contributed by atoms with Crippen molar-refractivity contribution >= 4 is 11.6 Å². The number of benzene rings is 1. The van der Waals surface area contributed by atoms with Crippen molar-refractivity contribution in [2.24, 2.45) is 0 Å². The van der Waals surface area contributed by atoms with Crippen LogP contribution < -0.4 is 5.73 Å². The zero-order chi connectivity index (χ0) is 13.0. The van der Waals surface area contributed by atoms with Gasteiger partial charge in [-0.3, -0.25) is 4.79 Å². The molecule has 0 radical (unpaired) electrons. The third kappa shape index (κ3) is 2.92. The van der Waals surface area contributed by atoms with Gasteiger partial charge in [0.25, 0.3) is 0 Å². The molecule has 0 bridgehead atoms. The molecule has 1 aromatic rings. The third-order valence-electron chi connectivity index (χ3n) is 3.29. The van der Waals surface area contributed by atoms with Crippen molar-refractivity contribution in [1.29, 1.82) is 0 Å². The van der Waals surface area contributed by atoms with Crippen LogP contribution in [0, 0.1) is 0 Å². The smallest absolute Gasteiger partial charge is 0.226 e. The number of hydrogen-bond acceptors (Lipinski definition) is 2. The highest BCUT2D eigenvalue weighted by Crippen LogP contribution is 2.21. The monoisotopic (exact) mass is 244 g/mol. The van der Waals surface area contributed by atoms with Crippen LogP contribution in [0.5, 0.6) is 0 Å². The van der Waals surface area contributed by atoms with Gasteiger partial charge in [0.1, 0.15) is 0 Å². The molecule has 1 aliphatic heterocycles. The maximum atomic E-state index is 12.0. The Hall–Kier alpha value is -1.77. The first-order valence-corrected chi connectivity index (χ1v) is 6.50. The summed E-state index contributed by atoms with van der Waals surface area (Å²) in [5.74, 6) is 0.210. The largest absolute Gasteiger partial charge is 0.399 e. The second-order valence-corrected chi connectivity index (χ2v) is 4.68. The predicted molar refractivity (Wildman–Crippen MR) is 74.0 cm³/mol. The minimum absolute atomic E-state index is 0.210. The Morgan fingerprint density at radius 2 is 2.22 bits per heavy atom. The van der Waals surface area contributed by atoms with Gasteiger partial charge in [-0.25, -0.2) is 0 Å². The molecule has 0 saturated heterocycles. The topological polar surface area (TPSA) is 46.3 Å². The molecule has 0 aromatic heterocycles. The van der Waals surface area contributed by atoms with E-state index in [1.54, 1.807) is 0 Å². The van der Waals surface area contributed by atoms with E-state index in [-0.39, 0.29) is 5.91 Å². The fourth-order valence-corrected chi connectivity index (χ4v) is 2.27. The van der Waals surface area contributed by atoms with Crippen LogP contribution in [-0.4, -0.2) is 17.4 Å². The molecule has 0 fully saturated rings. The van der Waals surface area contributed by atoms with Crippen molar-refractivity contribution < 1.29 is 4.79 Å². The van der Waals surface area contributed by atoms with Gasteiger partial charge in [-0.05, 0) is 36.1 Å². The van der Waals surface area contributed by atoms with Crippen LogP contribution in [0.25, 0.3) is 0 Å². The molecule has 0 saturated carbocycles. The Labute approximate surface area is 108 Å². The van der Waals surface area contributed by atoms with E-state index in [9.17, 15) is 4.79 Å². The molecule has 2 N–H and O–H groups in total. The maximum absolute atomic E-state index is 12.0. The maximum Gasteiger partial charge on any atom is 0.226 e. The first kappa shape index (κ1) is 12.7. The molecule has 3 heteroatoms. The quantitative estimate of drug-likeness (QED) is 0.656. The molecule has 0 aliphatic carbocycles. The van der Waals surface area contributed by atoms with Gasteiger partial charge in [0.2, 0.25) is 5.91 Å². The summed E-state index contributed by atoms with van der Waals surface area (Å²) in [6.07, 6.45) is 6.40. The number of amides is 1. The lowest BCUT2D eigenvalue weighted by Gasteiger charge is -2.28. The molecule has 0 atom stereocenters. The molecule has 0 unspecified atom stereocenters.